The molecule has 5 heteroatoms. The second kappa shape index (κ2) is 6.63. The molecule has 0 spiro atoms. The first-order valence-electron chi connectivity index (χ1n) is 6.45. The van der Waals surface area contributed by atoms with Crippen molar-refractivity contribution in [2.75, 3.05) is 19.9 Å². The maximum absolute atomic E-state index is 12.5. The van der Waals surface area contributed by atoms with E-state index in [9.17, 15) is 4.79 Å². The molecule has 0 unspecified atom stereocenters. The number of para-hydroxylation sites is 1. The van der Waals surface area contributed by atoms with Crippen molar-refractivity contribution >= 4 is 27.5 Å². The summed E-state index contributed by atoms with van der Waals surface area (Å²) in [6.45, 7) is 0.509. The number of nitrogen functional groups attached to an aromatic ring is 1. The predicted octanol–water partition coefficient (Wildman–Crippen LogP) is 3.31. The van der Waals surface area contributed by atoms with Gasteiger partial charge in [0.25, 0.3) is 5.91 Å². The van der Waals surface area contributed by atoms with Crippen LogP contribution in [0.5, 0.6) is 5.75 Å². The van der Waals surface area contributed by atoms with E-state index < -0.39 is 0 Å². The fourth-order valence-electron chi connectivity index (χ4n) is 2.10. The molecule has 0 aliphatic heterocycles. The van der Waals surface area contributed by atoms with Crippen LogP contribution in [0.15, 0.2) is 46.9 Å². The van der Waals surface area contributed by atoms with Gasteiger partial charge in [0, 0.05) is 18.1 Å². The van der Waals surface area contributed by atoms with E-state index >= 15 is 0 Å². The number of hydrogen-bond donors (Lipinski definition) is 1. The quantitative estimate of drug-likeness (QED) is 0.862. The summed E-state index contributed by atoms with van der Waals surface area (Å²) in [6, 6.07) is 13.1. The van der Waals surface area contributed by atoms with Crippen molar-refractivity contribution in [2.24, 2.45) is 0 Å². The third-order valence-electron chi connectivity index (χ3n) is 3.17. The molecule has 1 amide bonds. The fourth-order valence-corrected chi connectivity index (χ4v) is 2.54. The van der Waals surface area contributed by atoms with Crippen LogP contribution in [0.4, 0.5) is 5.69 Å². The number of benzene rings is 2. The van der Waals surface area contributed by atoms with E-state index in [2.05, 4.69) is 15.9 Å². The van der Waals surface area contributed by atoms with E-state index in [0.29, 0.717) is 23.5 Å². The summed E-state index contributed by atoms with van der Waals surface area (Å²) in [6.07, 6.45) is 0. The summed E-state index contributed by atoms with van der Waals surface area (Å²) < 4.78 is 6.14. The lowest BCUT2D eigenvalue weighted by Gasteiger charge is -2.19. The Balaban J connectivity index is 2.20. The third-order valence-corrected chi connectivity index (χ3v) is 3.67. The van der Waals surface area contributed by atoms with Gasteiger partial charge in [-0.25, -0.2) is 0 Å². The van der Waals surface area contributed by atoms with Crippen molar-refractivity contribution in [3.63, 3.8) is 0 Å². The molecule has 0 atom stereocenters. The first-order valence-corrected chi connectivity index (χ1v) is 7.24. The number of nitrogens with two attached hydrogens (primary N) is 1. The number of carbonyl (C=O) groups is 1. The van der Waals surface area contributed by atoms with Crippen LogP contribution in [0, 0.1) is 0 Å². The first-order chi connectivity index (χ1) is 10.0. The third kappa shape index (κ3) is 3.55. The van der Waals surface area contributed by atoms with Gasteiger partial charge in [0.1, 0.15) is 5.75 Å². The molecule has 2 N–H and O–H groups in total. The summed E-state index contributed by atoms with van der Waals surface area (Å²) in [5.41, 5.74) is 7.83. The van der Waals surface area contributed by atoms with Gasteiger partial charge in [-0.05, 0) is 29.8 Å². The highest BCUT2D eigenvalue weighted by atomic mass is 79.9. The second-order valence-corrected chi connectivity index (χ2v) is 5.63. The van der Waals surface area contributed by atoms with Crippen molar-refractivity contribution in [3.05, 3.63) is 58.1 Å². The van der Waals surface area contributed by atoms with Crippen LogP contribution >= 0.6 is 15.9 Å². The summed E-state index contributed by atoms with van der Waals surface area (Å²) in [7, 11) is 3.29. The Labute approximate surface area is 132 Å². The SMILES string of the molecule is COc1cccc(C(=O)N(C)Cc2cccc(Br)c2)c1N. The minimum atomic E-state index is -0.133. The van der Waals surface area contributed by atoms with E-state index in [1.807, 2.05) is 24.3 Å². The van der Waals surface area contributed by atoms with Gasteiger partial charge in [-0.3, -0.25) is 4.79 Å². The number of halogens is 1. The molecule has 0 radical (unpaired) electrons. The van der Waals surface area contributed by atoms with E-state index in [1.165, 1.54) is 7.11 Å². The van der Waals surface area contributed by atoms with Gasteiger partial charge >= 0.3 is 0 Å². The summed E-state index contributed by atoms with van der Waals surface area (Å²) in [5.74, 6) is 0.378. The highest BCUT2D eigenvalue weighted by molar-refractivity contribution is 9.10. The number of anilines is 1. The largest absolute Gasteiger partial charge is 0.495 e. The van der Waals surface area contributed by atoms with Crippen LogP contribution in [0.3, 0.4) is 0 Å². The number of ether oxygens (including phenoxy) is 1. The molecule has 0 aliphatic rings. The lowest BCUT2D eigenvalue weighted by atomic mass is 10.1. The van der Waals surface area contributed by atoms with Crippen LogP contribution in [-0.2, 0) is 6.54 Å². The maximum Gasteiger partial charge on any atom is 0.256 e. The molecule has 0 saturated heterocycles. The summed E-state index contributed by atoms with van der Waals surface area (Å²) in [4.78, 5) is 14.1. The van der Waals surface area contributed by atoms with Gasteiger partial charge in [-0.2, -0.15) is 0 Å². The molecule has 2 rings (SSSR count). The van der Waals surface area contributed by atoms with Crippen LogP contribution in [-0.4, -0.2) is 25.0 Å². The normalized spacial score (nSPS) is 10.2. The zero-order valence-corrected chi connectivity index (χ0v) is 13.6. The molecule has 0 fully saturated rings. The number of amides is 1. The molecule has 0 aliphatic carbocycles. The monoisotopic (exact) mass is 348 g/mol. The molecule has 21 heavy (non-hydrogen) atoms. The average molecular weight is 349 g/mol. The van der Waals surface area contributed by atoms with Crippen molar-refractivity contribution in [1.29, 1.82) is 0 Å². The number of nitrogens with zero attached hydrogens (tertiary/aromatic N) is 1. The lowest BCUT2D eigenvalue weighted by molar-refractivity contribution is 0.0786. The molecule has 0 heterocycles. The summed E-state index contributed by atoms with van der Waals surface area (Å²) in [5, 5.41) is 0. The van der Waals surface area contributed by atoms with Crippen molar-refractivity contribution in [1.82, 2.24) is 4.90 Å². The Morgan fingerprint density at radius 3 is 2.67 bits per heavy atom. The molecule has 0 bridgehead atoms. The molecule has 0 saturated carbocycles. The van der Waals surface area contributed by atoms with Crippen molar-refractivity contribution < 1.29 is 9.53 Å². The zero-order chi connectivity index (χ0) is 15.4. The maximum atomic E-state index is 12.5. The molecular weight excluding hydrogens is 332 g/mol. The average Bonchev–Trinajstić information content (AvgIpc) is 2.47. The van der Waals surface area contributed by atoms with E-state index in [-0.39, 0.29) is 5.91 Å². The topological polar surface area (TPSA) is 55.6 Å². The molecule has 4 nitrogen and oxygen atoms in total. The number of methoxy groups -OCH3 is 1. The first kappa shape index (κ1) is 15.4. The molecule has 2 aromatic rings. The standard InChI is InChI=1S/C16H17BrN2O2/c1-19(10-11-5-3-6-12(17)9-11)16(20)13-7-4-8-14(21-2)15(13)18/h3-9H,10,18H2,1-2H3. The number of hydrogen-bond acceptors (Lipinski definition) is 3. The molecule has 0 aromatic heterocycles. The Bertz CT molecular complexity index is 658. The van der Waals surface area contributed by atoms with E-state index in [4.69, 9.17) is 10.5 Å². The Kier molecular flexibility index (Phi) is 4.85. The highest BCUT2D eigenvalue weighted by Crippen LogP contribution is 2.26. The van der Waals surface area contributed by atoms with Crippen LogP contribution in [0.25, 0.3) is 0 Å². The Hall–Kier alpha value is -2.01. The predicted molar refractivity (Wildman–Crippen MR) is 87.3 cm³/mol. The second-order valence-electron chi connectivity index (χ2n) is 4.71. The Morgan fingerprint density at radius 1 is 1.29 bits per heavy atom. The van der Waals surface area contributed by atoms with Crippen LogP contribution in [0.1, 0.15) is 15.9 Å². The molecule has 110 valence electrons. The molecule has 2 aromatic carbocycles. The minimum Gasteiger partial charge on any atom is -0.495 e. The fraction of sp³-hybridized carbons (Fsp3) is 0.188. The van der Waals surface area contributed by atoms with Gasteiger partial charge in [-0.1, -0.05) is 34.1 Å². The summed E-state index contributed by atoms with van der Waals surface area (Å²) >= 11 is 3.42. The van der Waals surface area contributed by atoms with Gasteiger partial charge in [0.2, 0.25) is 0 Å². The molecular formula is C16H17BrN2O2. The van der Waals surface area contributed by atoms with Gasteiger partial charge in [0.05, 0.1) is 18.4 Å². The van der Waals surface area contributed by atoms with Crippen molar-refractivity contribution in [3.8, 4) is 5.75 Å². The number of carbonyl (C=O) groups excluding carboxylic acids is 1. The van der Waals surface area contributed by atoms with Crippen LogP contribution in [0.2, 0.25) is 0 Å². The van der Waals surface area contributed by atoms with Gasteiger partial charge < -0.3 is 15.4 Å². The number of rotatable bonds is 4. The van der Waals surface area contributed by atoms with E-state index in [0.717, 1.165) is 10.0 Å². The van der Waals surface area contributed by atoms with Crippen molar-refractivity contribution in [2.45, 2.75) is 6.54 Å². The van der Waals surface area contributed by atoms with E-state index in [1.54, 1.807) is 30.1 Å². The Morgan fingerprint density at radius 2 is 2.00 bits per heavy atom. The zero-order valence-electron chi connectivity index (χ0n) is 12.0. The lowest BCUT2D eigenvalue weighted by Crippen LogP contribution is -2.27. The van der Waals surface area contributed by atoms with Gasteiger partial charge in [0.15, 0.2) is 0 Å². The smallest absolute Gasteiger partial charge is 0.256 e. The van der Waals surface area contributed by atoms with Gasteiger partial charge in [-0.15, -0.1) is 0 Å². The highest BCUT2D eigenvalue weighted by Gasteiger charge is 2.17. The van der Waals surface area contributed by atoms with Crippen LogP contribution < -0.4 is 10.5 Å². The minimum absolute atomic E-state index is 0.133.